The van der Waals surface area contributed by atoms with Gasteiger partial charge in [-0.3, -0.25) is 0 Å². The highest BCUT2D eigenvalue weighted by Gasteiger charge is 2.38. The largest absolute Gasteiger partial charge is 0.243 e. The van der Waals surface area contributed by atoms with Gasteiger partial charge in [0.15, 0.2) is 0 Å². The first-order valence-electron chi connectivity index (χ1n) is 6.69. The monoisotopic (exact) mass is 303 g/mol. The van der Waals surface area contributed by atoms with Crippen LogP contribution in [-0.4, -0.2) is 25.3 Å². The molecule has 1 aliphatic carbocycles. The van der Waals surface area contributed by atoms with Gasteiger partial charge in [0, 0.05) is 18.7 Å². The number of sulfonamides is 1. The SMILES string of the molecule is CC1CC1CN(C(C)C)S(=O)(=O)c1cc(F)cc(F)c1. The Balaban J connectivity index is 2.34. The second-order valence-electron chi connectivity index (χ2n) is 5.75. The van der Waals surface area contributed by atoms with Crippen LogP contribution in [0, 0.1) is 23.5 Å². The Morgan fingerprint density at radius 3 is 2.15 bits per heavy atom. The third-order valence-electron chi connectivity index (χ3n) is 3.71. The highest BCUT2D eigenvalue weighted by Crippen LogP contribution is 2.39. The Morgan fingerprint density at radius 2 is 1.75 bits per heavy atom. The van der Waals surface area contributed by atoms with Crippen LogP contribution >= 0.6 is 0 Å². The van der Waals surface area contributed by atoms with Crippen molar-refractivity contribution >= 4 is 10.0 Å². The summed E-state index contributed by atoms with van der Waals surface area (Å²) in [5.74, 6) is -0.916. The van der Waals surface area contributed by atoms with Gasteiger partial charge >= 0.3 is 0 Å². The van der Waals surface area contributed by atoms with Crippen LogP contribution in [0.25, 0.3) is 0 Å². The van der Waals surface area contributed by atoms with Crippen molar-refractivity contribution in [2.75, 3.05) is 6.54 Å². The second-order valence-corrected chi connectivity index (χ2v) is 7.64. The average molecular weight is 303 g/mol. The Hall–Kier alpha value is -1.01. The Bertz CT molecular complexity index is 581. The topological polar surface area (TPSA) is 37.4 Å². The van der Waals surface area contributed by atoms with Crippen molar-refractivity contribution in [1.29, 1.82) is 0 Å². The summed E-state index contributed by atoms with van der Waals surface area (Å²) < 4.78 is 52.9. The molecule has 0 bridgehead atoms. The molecule has 0 aromatic heterocycles. The first kappa shape index (κ1) is 15.4. The normalized spacial score (nSPS) is 22.6. The van der Waals surface area contributed by atoms with E-state index in [9.17, 15) is 17.2 Å². The van der Waals surface area contributed by atoms with Crippen LogP contribution in [0.2, 0.25) is 0 Å². The lowest BCUT2D eigenvalue weighted by Gasteiger charge is -2.26. The highest BCUT2D eigenvalue weighted by atomic mass is 32.2. The van der Waals surface area contributed by atoms with E-state index >= 15 is 0 Å². The maximum Gasteiger partial charge on any atom is 0.243 e. The molecule has 1 fully saturated rings. The molecule has 20 heavy (non-hydrogen) atoms. The smallest absolute Gasteiger partial charge is 0.207 e. The Labute approximate surface area is 118 Å². The van der Waals surface area contributed by atoms with Crippen LogP contribution in [0.4, 0.5) is 8.78 Å². The third kappa shape index (κ3) is 3.17. The van der Waals surface area contributed by atoms with Crippen LogP contribution in [0.15, 0.2) is 23.1 Å². The molecule has 2 atom stereocenters. The van der Waals surface area contributed by atoms with Gasteiger partial charge in [-0.1, -0.05) is 6.92 Å². The van der Waals surface area contributed by atoms with Crippen molar-refractivity contribution in [2.24, 2.45) is 11.8 Å². The average Bonchev–Trinajstić information content (AvgIpc) is 3.00. The maximum absolute atomic E-state index is 13.2. The molecule has 6 heteroatoms. The molecule has 0 heterocycles. The molecule has 0 aliphatic heterocycles. The van der Waals surface area contributed by atoms with Crippen molar-refractivity contribution in [2.45, 2.75) is 38.1 Å². The van der Waals surface area contributed by atoms with Crippen molar-refractivity contribution in [3.8, 4) is 0 Å². The van der Waals surface area contributed by atoms with Gasteiger partial charge in [0.05, 0.1) is 4.90 Å². The Morgan fingerprint density at radius 1 is 1.25 bits per heavy atom. The van der Waals surface area contributed by atoms with Crippen LogP contribution in [0.1, 0.15) is 27.2 Å². The van der Waals surface area contributed by atoms with E-state index in [-0.39, 0.29) is 10.9 Å². The van der Waals surface area contributed by atoms with E-state index in [2.05, 4.69) is 6.92 Å². The molecule has 0 saturated heterocycles. The zero-order valence-corrected chi connectivity index (χ0v) is 12.6. The van der Waals surface area contributed by atoms with Gasteiger partial charge in [-0.05, 0) is 44.2 Å². The number of halogens is 2. The number of rotatable bonds is 5. The molecule has 2 rings (SSSR count). The van der Waals surface area contributed by atoms with Gasteiger partial charge < -0.3 is 0 Å². The van der Waals surface area contributed by atoms with E-state index in [1.807, 2.05) is 0 Å². The molecule has 1 aliphatic rings. The Kier molecular flexibility index (Phi) is 4.16. The van der Waals surface area contributed by atoms with E-state index in [1.165, 1.54) is 4.31 Å². The summed E-state index contributed by atoms with van der Waals surface area (Å²) in [5, 5.41) is 0. The van der Waals surface area contributed by atoms with Gasteiger partial charge in [-0.15, -0.1) is 0 Å². The van der Waals surface area contributed by atoms with Crippen LogP contribution in [0.3, 0.4) is 0 Å². The molecule has 1 aromatic rings. The fourth-order valence-electron chi connectivity index (χ4n) is 2.28. The van der Waals surface area contributed by atoms with Crippen LogP contribution < -0.4 is 0 Å². The summed E-state index contributed by atoms with van der Waals surface area (Å²) in [4.78, 5) is -0.322. The van der Waals surface area contributed by atoms with E-state index in [4.69, 9.17) is 0 Å². The van der Waals surface area contributed by atoms with Gasteiger partial charge in [-0.2, -0.15) is 4.31 Å². The zero-order chi connectivity index (χ0) is 15.1. The molecule has 1 aromatic carbocycles. The summed E-state index contributed by atoms with van der Waals surface area (Å²) >= 11 is 0. The van der Waals surface area contributed by atoms with E-state index in [0.717, 1.165) is 18.6 Å². The summed E-state index contributed by atoms with van der Waals surface area (Å²) in [5.41, 5.74) is 0. The quantitative estimate of drug-likeness (QED) is 0.838. The summed E-state index contributed by atoms with van der Waals surface area (Å²) in [6.45, 7) is 6.00. The van der Waals surface area contributed by atoms with Gasteiger partial charge in [0.1, 0.15) is 11.6 Å². The van der Waals surface area contributed by atoms with Gasteiger partial charge in [0.25, 0.3) is 0 Å². The fourth-order valence-corrected chi connectivity index (χ4v) is 4.02. The zero-order valence-electron chi connectivity index (χ0n) is 11.8. The highest BCUT2D eigenvalue weighted by molar-refractivity contribution is 7.89. The standard InChI is InChI=1S/C14H19F2NO2S/c1-9(2)17(8-11-4-10(11)3)20(18,19)14-6-12(15)5-13(16)7-14/h5-7,9-11H,4,8H2,1-3H3. The molecule has 112 valence electrons. The van der Waals surface area contributed by atoms with Crippen LogP contribution in [0.5, 0.6) is 0 Å². The summed E-state index contributed by atoms with van der Waals surface area (Å²) in [6.07, 6.45) is 0.996. The molecule has 3 nitrogen and oxygen atoms in total. The fraction of sp³-hybridized carbons (Fsp3) is 0.571. The summed E-state index contributed by atoms with van der Waals surface area (Å²) in [7, 11) is -3.87. The first-order chi connectivity index (χ1) is 9.21. The molecule has 2 unspecified atom stereocenters. The van der Waals surface area contributed by atoms with Gasteiger partial charge in [-0.25, -0.2) is 17.2 Å². The molecular formula is C14H19F2NO2S. The van der Waals surface area contributed by atoms with Crippen molar-refractivity contribution in [1.82, 2.24) is 4.31 Å². The second kappa shape index (κ2) is 5.41. The lowest BCUT2D eigenvalue weighted by molar-refractivity contribution is 0.336. The number of nitrogens with zero attached hydrogens (tertiary/aromatic N) is 1. The van der Waals surface area contributed by atoms with Crippen molar-refractivity contribution in [3.63, 3.8) is 0 Å². The molecule has 0 radical (unpaired) electrons. The van der Waals surface area contributed by atoms with Gasteiger partial charge in [0.2, 0.25) is 10.0 Å². The van der Waals surface area contributed by atoms with E-state index in [1.54, 1.807) is 13.8 Å². The van der Waals surface area contributed by atoms with Crippen LogP contribution in [-0.2, 0) is 10.0 Å². The molecular weight excluding hydrogens is 284 g/mol. The number of benzene rings is 1. The first-order valence-corrected chi connectivity index (χ1v) is 8.13. The number of hydrogen-bond donors (Lipinski definition) is 0. The summed E-state index contributed by atoms with van der Waals surface area (Å²) in [6, 6.07) is 2.15. The molecule has 0 spiro atoms. The van der Waals surface area contributed by atoms with Crippen molar-refractivity contribution < 1.29 is 17.2 Å². The predicted molar refractivity (Wildman–Crippen MR) is 72.7 cm³/mol. The number of hydrogen-bond acceptors (Lipinski definition) is 2. The molecule has 0 amide bonds. The minimum absolute atomic E-state index is 0.251. The van der Waals surface area contributed by atoms with E-state index in [0.29, 0.717) is 24.4 Å². The molecule has 1 saturated carbocycles. The lowest BCUT2D eigenvalue weighted by Crippen LogP contribution is -2.38. The van der Waals surface area contributed by atoms with E-state index < -0.39 is 21.7 Å². The third-order valence-corrected chi connectivity index (χ3v) is 5.73. The maximum atomic E-state index is 13.2. The minimum Gasteiger partial charge on any atom is -0.207 e. The predicted octanol–water partition coefficient (Wildman–Crippen LogP) is 3.02. The minimum atomic E-state index is -3.87. The molecule has 0 N–H and O–H groups in total. The lowest BCUT2D eigenvalue weighted by atomic mass is 10.3. The van der Waals surface area contributed by atoms with Crippen molar-refractivity contribution in [3.05, 3.63) is 29.8 Å².